The number of carbonyl (C=O) groups excluding carboxylic acids is 2. The summed E-state index contributed by atoms with van der Waals surface area (Å²) >= 11 is 0. The first kappa shape index (κ1) is 12.2. The van der Waals surface area contributed by atoms with Gasteiger partial charge in [-0.05, 0) is 25.7 Å². The smallest absolute Gasteiger partial charge is 0.246 e. The molecule has 2 fully saturated rings. The number of aromatic nitrogens is 2. The Labute approximate surface area is 111 Å². The molecule has 102 valence electrons. The summed E-state index contributed by atoms with van der Waals surface area (Å²) in [7, 11) is 1.84. The molecule has 1 aromatic rings. The Hall–Kier alpha value is -1.85. The molecule has 1 N–H and O–H groups in total. The number of carbonyl (C=O) groups is 2. The number of rotatable bonds is 3. The molecule has 1 aliphatic heterocycles. The number of hydrogen-bond acceptors (Lipinski definition) is 3. The maximum atomic E-state index is 12.2. The molecule has 6 nitrogen and oxygen atoms in total. The van der Waals surface area contributed by atoms with Gasteiger partial charge >= 0.3 is 0 Å². The average Bonchev–Trinajstić information content (AvgIpc) is 3.15. The highest BCUT2D eigenvalue weighted by atomic mass is 16.2. The quantitative estimate of drug-likeness (QED) is 0.837. The molecular weight excluding hydrogens is 244 g/mol. The first-order chi connectivity index (χ1) is 9.01. The highest BCUT2D eigenvalue weighted by molar-refractivity contribution is 5.98. The van der Waals surface area contributed by atoms with Gasteiger partial charge < -0.3 is 10.2 Å². The van der Waals surface area contributed by atoms with E-state index < -0.39 is 5.54 Å². The van der Waals surface area contributed by atoms with Crippen LogP contribution in [-0.4, -0.2) is 38.6 Å². The lowest BCUT2D eigenvalue weighted by Gasteiger charge is -2.43. The summed E-state index contributed by atoms with van der Waals surface area (Å²) in [6, 6.07) is 0. The van der Waals surface area contributed by atoms with Crippen molar-refractivity contribution >= 4 is 11.8 Å². The van der Waals surface area contributed by atoms with Crippen LogP contribution in [0.1, 0.15) is 25.3 Å². The van der Waals surface area contributed by atoms with Crippen LogP contribution in [-0.2, 0) is 23.2 Å². The monoisotopic (exact) mass is 262 g/mol. The topological polar surface area (TPSA) is 67.2 Å². The van der Waals surface area contributed by atoms with Gasteiger partial charge in [0.2, 0.25) is 11.8 Å². The van der Waals surface area contributed by atoms with E-state index in [1.165, 1.54) is 0 Å². The van der Waals surface area contributed by atoms with Gasteiger partial charge in [0.1, 0.15) is 5.54 Å². The summed E-state index contributed by atoms with van der Waals surface area (Å²) < 4.78 is 1.71. The molecule has 2 aliphatic rings. The fraction of sp³-hybridized carbons (Fsp3) is 0.615. The molecule has 19 heavy (non-hydrogen) atoms. The molecule has 2 heterocycles. The van der Waals surface area contributed by atoms with E-state index in [0.29, 0.717) is 6.54 Å². The van der Waals surface area contributed by atoms with E-state index in [2.05, 4.69) is 10.4 Å². The number of aryl methyl sites for hydroxylation is 1. The Morgan fingerprint density at radius 2 is 2.21 bits per heavy atom. The van der Waals surface area contributed by atoms with Crippen molar-refractivity contribution in [1.82, 2.24) is 20.0 Å². The van der Waals surface area contributed by atoms with Crippen LogP contribution in [0.15, 0.2) is 12.4 Å². The third kappa shape index (κ3) is 1.91. The van der Waals surface area contributed by atoms with Crippen molar-refractivity contribution in [3.05, 3.63) is 18.0 Å². The molecule has 6 heteroatoms. The molecule has 1 aliphatic carbocycles. The maximum absolute atomic E-state index is 12.2. The van der Waals surface area contributed by atoms with E-state index in [1.54, 1.807) is 15.8 Å². The van der Waals surface area contributed by atoms with E-state index in [0.717, 1.165) is 18.4 Å². The van der Waals surface area contributed by atoms with Crippen molar-refractivity contribution in [2.24, 2.45) is 13.0 Å². The molecule has 1 saturated heterocycles. The minimum absolute atomic E-state index is 0.0159. The minimum atomic E-state index is -0.703. The summed E-state index contributed by atoms with van der Waals surface area (Å²) in [6.07, 6.45) is 5.65. The molecule has 1 atom stereocenters. The van der Waals surface area contributed by atoms with Gasteiger partial charge in [0, 0.05) is 25.4 Å². The van der Waals surface area contributed by atoms with Gasteiger partial charge in [-0.3, -0.25) is 14.3 Å². The largest absolute Gasteiger partial charge is 0.345 e. The summed E-state index contributed by atoms with van der Waals surface area (Å²) in [5.74, 6) is 0.241. The van der Waals surface area contributed by atoms with Crippen molar-refractivity contribution in [3.8, 4) is 0 Å². The number of piperazine rings is 1. The first-order valence-corrected chi connectivity index (χ1v) is 6.58. The Morgan fingerprint density at radius 1 is 1.47 bits per heavy atom. The predicted octanol–water partition coefficient (Wildman–Crippen LogP) is 0.0472. The lowest BCUT2D eigenvalue weighted by Crippen LogP contribution is -2.66. The van der Waals surface area contributed by atoms with Gasteiger partial charge in [-0.15, -0.1) is 0 Å². The lowest BCUT2D eigenvalue weighted by atomic mass is 9.89. The molecule has 2 amide bonds. The fourth-order valence-electron chi connectivity index (χ4n) is 2.85. The predicted molar refractivity (Wildman–Crippen MR) is 67.9 cm³/mol. The van der Waals surface area contributed by atoms with E-state index >= 15 is 0 Å². The van der Waals surface area contributed by atoms with Crippen molar-refractivity contribution in [3.63, 3.8) is 0 Å². The van der Waals surface area contributed by atoms with Crippen molar-refractivity contribution in [2.75, 3.05) is 6.54 Å². The number of hydrogen-bond donors (Lipinski definition) is 1. The molecule has 0 radical (unpaired) electrons. The van der Waals surface area contributed by atoms with Crippen LogP contribution >= 0.6 is 0 Å². The highest BCUT2D eigenvalue weighted by Gasteiger charge is 2.54. The van der Waals surface area contributed by atoms with Crippen LogP contribution in [0.5, 0.6) is 0 Å². The van der Waals surface area contributed by atoms with Crippen LogP contribution < -0.4 is 5.32 Å². The van der Waals surface area contributed by atoms with Crippen molar-refractivity contribution in [2.45, 2.75) is 31.8 Å². The third-order valence-electron chi connectivity index (χ3n) is 4.19. The van der Waals surface area contributed by atoms with Gasteiger partial charge in [0.15, 0.2) is 0 Å². The molecule has 0 aromatic carbocycles. The van der Waals surface area contributed by atoms with Crippen LogP contribution in [0.25, 0.3) is 0 Å². The second-order valence-corrected chi connectivity index (χ2v) is 5.61. The molecule has 1 aromatic heterocycles. The zero-order valence-corrected chi connectivity index (χ0v) is 11.2. The lowest BCUT2D eigenvalue weighted by molar-refractivity contribution is -0.155. The van der Waals surface area contributed by atoms with Gasteiger partial charge in [-0.1, -0.05) is 0 Å². The van der Waals surface area contributed by atoms with Crippen molar-refractivity contribution in [1.29, 1.82) is 0 Å². The van der Waals surface area contributed by atoms with Gasteiger partial charge in [-0.2, -0.15) is 5.10 Å². The molecule has 3 rings (SSSR count). The minimum Gasteiger partial charge on any atom is -0.345 e. The van der Waals surface area contributed by atoms with Crippen LogP contribution in [0.3, 0.4) is 0 Å². The Bertz CT molecular complexity index is 535. The SMILES string of the molecule is Cn1cc(CN2C(=O)CNC(=O)C2(C)C2CC2)cn1. The molecular formula is C13H18N4O2. The Balaban J connectivity index is 1.90. The summed E-state index contributed by atoms with van der Waals surface area (Å²) in [5, 5.41) is 6.83. The van der Waals surface area contributed by atoms with Gasteiger partial charge in [0.25, 0.3) is 0 Å². The maximum Gasteiger partial charge on any atom is 0.246 e. The number of nitrogens with zero attached hydrogens (tertiary/aromatic N) is 3. The zero-order chi connectivity index (χ0) is 13.6. The Morgan fingerprint density at radius 3 is 2.79 bits per heavy atom. The van der Waals surface area contributed by atoms with Gasteiger partial charge in [-0.25, -0.2) is 0 Å². The average molecular weight is 262 g/mol. The summed E-state index contributed by atoms with van der Waals surface area (Å²) in [5.41, 5.74) is 0.253. The molecule has 1 unspecified atom stereocenters. The fourth-order valence-corrected chi connectivity index (χ4v) is 2.85. The van der Waals surface area contributed by atoms with E-state index in [4.69, 9.17) is 0 Å². The standard InChI is InChI=1S/C13H18N4O2/c1-13(10-3-4-10)12(19)14-6-11(18)17(13)8-9-5-15-16(2)7-9/h5,7,10H,3-4,6,8H2,1-2H3,(H,14,19). The number of nitrogens with one attached hydrogen (secondary N) is 1. The molecule has 1 saturated carbocycles. The first-order valence-electron chi connectivity index (χ1n) is 6.58. The third-order valence-corrected chi connectivity index (χ3v) is 4.19. The molecule has 0 bridgehead atoms. The zero-order valence-electron chi connectivity index (χ0n) is 11.2. The normalized spacial score (nSPS) is 27.6. The van der Waals surface area contributed by atoms with Gasteiger partial charge in [0.05, 0.1) is 12.7 Å². The second kappa shape index (κ2) is 4.08. The van der Waals surface area contributed by atoms with E-state index in [1.807, 2.05) is 20.2 Å². The number of amides is 2. The Kier molecular flexibility index (Phi) is 2.62. The van der Waals surface area contributed by atoms with Crippen LogP contribution in [0.4, 0.5) is 0 Å². The van der Waals surface area contributed by atoms with Crippen molar-refractivity contribution < 1.29 is 9.59 Å². The highest BCUT2D eigenvalue weighted by Crippen LogP contribution is 2.44. The van der Waals surface area contributed by atoms with Crippen LogP contribution in [0, 0.1) is 5.92 Å². The second-order valence-electron chi connectivity index (χ2n) is 5.61. The van der Waals surface area contributed by atoms with E-state index in [9.17, 15) is 9.59 Å². The van der Waals surface area contributed by atoms with Crippen LogP contribution in [0.2, 0.25) is 0 Å². The molecule has 0 spiro atoms. The summed E-state index contributed by atoms with van der Waals surface area (Å²) in [6.45, 7) is 2.43. The summed E-state index contributed by atoms with van der Waals surface area (Å²) in [4.78, 5) is 26.1. The van der Waals surface area contributed by atoms with E-state index in [-0.39, 0.29) is 24.3 Å².